The lowest BCUT2D eigenvalue weighted by atomic mass is 9.78. The molecule has 1 aliphatic heterocycles. The SMILES string of the molecule is Cc1ccc(C2c3c(C)c(NNc4ccc([N+](=O)[O-])cc4)c(C)c(C)c3OC2(C)C)cc1. The molecule has 6 nitrogen and oxygen atoms in total. The van der Waals surface area contributed by atoms with Gasteiger partial charge in [0.05, 0.1) is 22.2 Å². The number of benzene rings is 3. The van der Waals surface area contributed by atoms with Crippen LogP contribution < -0.4 is 15.6 Å². The Bertz CT molecular complexity index is 1180. The third-order valence-electron chi connectivity index (χ3n) is 6.47. The summed E-state index contributed by atoms with van der Waals surface area (Å²) in [5, 5.41) is 10.9. The van der Waals surface area contributed by atoms with Gasteiger partial charge in [-0.15, -0.1) is 0 Å². The topological polar surface area (TPSA) is 76.4 Å². The zero-order valence-electron chi connectivity index (χ0n) is 19.4. The standard InChI is InChI=1S/C26H29N3O3/c1-15-7-9-19(10-8-15)23-22-18(4)24(16(2)17(3)25(22)32-26(23,5)6)28-27-20-11-13-21(14-12-20)29(30)31/h7-14,23,27-28H,1-6H3. The summed E-state index contributed by atoms with van der Waals surface area (Å²) in [7, 11) is 0. The second kappa shape index (κ2) is 7.86. The Morgan fingerprint density at radius 3 is 2.09 bits per heavy atom. The van der Waals surface area contributed by atoms with Gasteiger partial charge >= 0.3 is 0 Å². The fourth-order valence-corrected chi connectivity index (χ4v) is 4.61. The molecule has 1 heterocycles. The maximum absolute atomic E-state index is 10.9. The van der Waals surface area contributed by atoms with Gasteiger partial charge in [0, 0.05) is 17.7 Å². The highest BCUT2D eigenvalue weighted by atomic mass is 16.6. The molecule has 0 saturated carbocycles. The van der Waals surface area contributed by atoms with E-state index in [9.17, 15) is 10.1 Å². The molecule has 166 valence electrons. The van der Waals surface area contributed by atoms with Crippen LogP contribution in [0, 0.1) is 37.8 Å². The fraction of sp³-hybridized carbons (Fsp3) is 0.308. The number of hydrazine groups is 1. The van der Waals surface area contributed by atoms with E-state index in [1.54, 1.807) is 12.1 Å². The Balaban J connectivity index is 1.73. The van der Waals surface area contributed by atoms with Gasteiger partial charge in [-0.25, -0.2) is 0 Å². The number of fused-ring (bicyclic) bond motifs is 1. The predicted molar refractivity (Wildman–Crippen MR) is 129 cm³/mol. The predicted octanol–water partition coefficient (Wildman–Crippen LogP) is 6.57. The average molecular weight is 432 g/mol. The maximum atomic E-state index is 10.9. The van der Waals surface area contributed by atoms with E-state index >= 15 is 0 Å². The van der Waals surface area contributed by atoms with E-state index in [4.69, 9.17) is 4.74 Å². The Labute approximate surface area is 188 Å². The lowest BCUT2D eigenvalue weighted by Crippen LogP contribution is -2.31. The highest BCUT2D eigenvalue weighted by molar-refractivity contribution is 5.72. The zero-order chi connectivity index (χ0) is 23.2. The number of ether oxygens (including phenoxy) is 1. The monoisotopic (exact) mass is 431 g/mol. The number of hydrogen-bond donors (Lipinski definition) is 2. The third-order valence-corrected chi connectivity index (χ3v) is 6.47. The van der Waals surface area contributed by atoms with Crippen molar-refractivity contribution in [1.82, 2.24) is 0 Å². The summed E-state index contributed by atoms with van der Waals surface area (Å²) in [6.07, 6.45) is 0. The summed E-state index contributed by atoms with van der Waals surface area (Å²) in [4.78, 5) is 10.5. The van der Waals surface area contributed by atoms with Crippen LogP contribution in [0.1, 0.15) is 53.1 Å². The van der Waals surface area contributed by atoms with Crippen LogP contribution in [0.25, 0.3) is 0 Å². The fourth-order valence-electron chi connectivity index (χ4n) is 4.61. The molecule has 0 bridgehead atoms. The molecule has 0 radical (unpaired) electrons. The van der Waals surface area contributed by atoms with E-state index in [0.717, 1.165) is 33.8 Å². The average Bonchev–Trinajstić information content (AvgIpc) is 3.04. The molecule has 0 amide bonds. The number of aryl methyl sites for hydroxylation is 1. The Kier molecular flexibility index (Phi) is 5.33. The minimum Gasteiger partial charge on any atom is -0.486 e. The quantitative estimate of drug-likeness (QED) is 0.353. The molecule has 0 fully saturated rings. The molecule has 1 unspecified atom stereocenters. The molecular weight excluding hydrogens is 402 g/mol. The van der Waals surface area contributed by atoms with E-state index in [0.29, 0.717) is 0 Å². The first-order valence-corrected chi connectivity index (χ1v) is 10.8. The molecule has 0 saturated heterocycles. The Morgan fingerprint density at radius 1 is 0.875 bits per heavy atom. The van der Waals surface area contributed by atoms with Crippen LogP contribution in [0.2, 0.25) is 0 Å². The van der Waals surface area contributed by atoms with Gasteiger partial charge in [0.15, 0.2) is 0 Å². The summed E-state index contributed by atoms with van der Waals surface area (Å²) >= 11 is 0. The number of rotatable bonds is 5. The van der Waals surface area contributed by atoms with E-state index < -0.39 is 4.92 Å². The Hall–Kier alpha value is -3.54. The van der Waals surface area contributed by atoms with Crippen LogP contribution in [0.4, 0.5) is 17.1 Å². The summed E-state index contributed by atoms with van der Waals surface area (Å²) in [6, 6.07) is 15.0. The molecule has 6 heteroatoms. The number of hydrogen-bond acceptors (Lipinski definition) is 5. The van der Waals surface area contributed by atoms with Crippen LogP contribution >= 0.6 is 0 Å². The van der Waals surface area contributed by atoms with Gasteiger partial charge in [0.1, 0.15) is 11.4 Å². The van der Waals surface area contributed by atoms with Gasteiger partial charge in [-0.3, -0.25) is 10.1 Å². The summed E-state index contributed by atoms with van der Waals surface area (Å²) in [6.45, 7) is 12.7. The van der Waals surface area contributed by atoms with Crippen molar-refractivity contribution in [3.05, 3.63) is 92.0 Å². The van der Waals surface area contributed by atoms with Gasteiger partial charge in [0.25, 0.3) is 5.69 Å². The largest absolute Gasteiger partial charge is 0.486 e. The molecule has 1 atom stereocenters. The number of nitrogens with one attached hydrogen (secondary N) is 2. The smallest absolute Gasteiger partial charge is 0.269 e. The molecular formula is C26H29N3O3. The van der Waals surface area contributed by atoms with Crippen LogP contribution in [0.3, 0.4) is 0 Å². The number of nitrogens with zero attached hydrogens (tertiary/aromatic N) is 1. The van der Waals surface area contributed by atoms with Crippen molar-refractivity contribution in [2.24, 2.45) is 0 Å². The molecule has 4 rings (SSSR count). The first-order chi connectivity index (χ1) is 15.1. The number of nitro groups is 1. The number of non-ortho nitro benzene ring substituents is 1. The Morgan fingerprint density at radius 2 is 1.50 bits per heavy atom. The van der Waals surface area contributed by atoms with E-state index in [1.165, 1.54) is 28.8 Å². The van der Waals surface area contributed by atoms with Crippen LogP contribution in [-0.2, 0) is 0 Å². The molecule has 1 aliphatic rings. The first kappa shape index (κ1) is 21.7. The van der Waals surface area contributed by atoms with Crippen LogP contribution in [-0.4, -0.2) is 10.5 Å². The summed E-state index contributed by atoms with van der Waals surface area (Å²) < 4.78 is 6.53. The highest BCUT2D eigenvalue weighted by Crippen LogP contribution is 2.53. The highest BCUT2D eigenvalue weighted by Gasteiger charge is 2.44. The molecule has 0 aliphatic carbocycles. The van der Waals surface area contributed by atoms with Gasteiger partial charge in [-0.1, -0.05) is 29.8 Å². The van der Waals surface area contributed by atoms with Gasteiger partial charge in [-0.2, -0.15) is 0 Å². The van der Waals surface area contributed by atoms with Crippen LogP contribution in [0.5, 0.6) is 5.75 Å². The molecule has 2 N–H and O–H groups in total. The second-order valence-corrected chi connectivity index (χ2v) is 9.10. The molecule has 0 aromatic heterocycles. The van der Waals surface area contributed by atoms with E-state index in [2.05, 4.69) is 76.7 Å². The molecule has 3 aromatic carbocycles. The van der Waals surface area contributed by atoms with E-state index in [-0.39, 0.29) is 17.2 Å². The van der Waals surface area contributed by atoms with Crippen molar-refractivity contribution >= 4 is 17.1 Å². The van der Waals surface area contributed by atoms with Gasteiger partial charge < -0.3 is 15.6 Å². The molecule has 3 aromatic rings. The zero-order valence-corrected chi connectivity index (χ0v) is 19.4. The van der Waals surface area contributed by atoms with Gasteiger partial charge in [-0.05, 0) is 75.9 Å². The second-order valence-electron chi connectivity index (χ2n) is 9.10. The van der Waals surface area contributed by atoms with Crippen molar-refractivity contribution in [3.63, 3.8) is 0 Å². The van der Waals surface area contributed by atoms with E-state index in [1.807, 2.05) is 0 Å². The summed E-state index contributed by atoms with van der Waals surface area (Å²) in [5.41, 5.74) is 15.0. The summed E-state index contributed by atoms with van der Waals surface area (Å²) in [5.74, 6) is 1.08. The lowest BCUT2D eigenvalue weighted by molar-refractivity contribution is -0.384. The third kappa shape index (κ3) is 3.66. The minimum atomic E-state index is -0.400. The lowest BCUT2D eigenvalue weighted by Gasteiger charge is -2.27. The van der Waals surface area contributed by atoms with Crippen LogP contribution in [0.15, 0.2) is 48.5 Å². The first-order valence-electron chi connectivity index (χ1n) is 10.8. The number of anilines is 2. The normalized spacial score (nSPS) is 16.2. The maximum Gasteiger partial charge on any atom is 0.269 e. The number of nitro benzene ring substituents is 1. The van der Waals surface area contributed by atoms with Crippen molar-refractivity contribution < 1.29 is 9.66 Å². The molecule has 32 heavy (non-hydrogen) atoms. The van der Waals surface area contributed by atoms with Gasteiger partial charge in [0.2, 0.25) is 0 Å². The minimum absolute atomic E-state index is 0.0663. The van der Waals surface area contributed by atoms with Crippen molar-refractivity contribution in [2.75, 3.05) is 10.9 Å². The van der Waals surface area contributed by atoms with Crippen molar-refractivity contribution in [3.8, 4) is 5.75 Å². The van der Waals surface area contributed by atoms with Crippen molar-refractivity contribution in [1.29, 1.82) is 0 Å². The molecule has 0 spiro atoms. The van der Waals surface area contributed by atoms with Crippen molar-refractivity contribution in [2.45, 2.75) is 53.1 Å².